The standard InChI is InChI=1S/C23H26N4O3/c28-22(9-3-6-18-14-17(23(29)30)10-11-24-18)27-12-4-5-16(15-27)13-21-25-19-7-1-2-8-20(19)26-21/h1-2,7-8,10-11,14,16H,3-6,9,12-13,15H2,(H,25,26)(H,29,30). The average Bonchev–Trinajstić information content (AvgIpc) is 3.16. The Morgan fingerprint density at radius 1 is 1.23 bits per heavy atom. The van der Waals surface area contributed by atoms with E-state index in [-0.39, 0.29) is 11.5 Å². The van der Waals surface area contributed by atoms with Crippen LogP contribution in [0.1, 0.15) is 47.6 Å². The first kappa shape index (κ1) is 20.1. The van der Waals surface area contributed by atoms with Gasteiger partial charge in [-0.25, -0.2) is 9.78 Å². The van der Waals surface area contributed by atoms with Crippen molar-refractivity contribution in [3.63, 3.8) is 0 Å². The van der Waals surface area contributed by atoms with Crippen LogP contribution < -0.4 is 0 Å². The van der Waals surface area contributed by atoms with Gasteiger partial charge in [-0.15, -0.1) is 0 Å². The van der Waals surface area contributed by atoms with Crippen LogP contribution in [0.2, 0.25) is 0 Å². The van der Waals surface area contributed by atoms with Gasteiger partial charge in [0.1, 0.15) is 5.82 Å². The van der Waals surface area contributed by atoms with Crippen LogP contribution in [-0.4, -0.2) is 49.9 Å². The predicted molar refractivity (Wildman–Crippen MR) is 113 cm³/mol. The van der Waals surface area contributed by atoms with E-state index in [1.54, 1.807) is 6.07 Å². The zero-order chi connectivity index (χ0) is 20.9. The Kier molecular flexibility index (Phi) is 6.07. The van der Waals surface area contributed by atoms with Crippen LogP contribution in [0.5, 0.6) is 0 Å². The van der Waals surface area contributed by atoms with Crippen molar-refractivity contribution in [3.8, 4) is 0 Å². The lowest BCUT2D eigenvalue weighted by atomic mass is 9.94. The molecule has 1 unspecified atom stereocenters. The molecule has 1 fully saturated rings. The maximum Gasteiger partial charge on any atom is 0.335 e. The molecule has 0 radical (unpaired) electrons. The number of imidazole rings is 1. The fourth-order valence-electron chi connectivity index (χ4n) is 4.16. The molecule has 1 aliphatic heterocycles. The van der Waals surface area contributed by atoms with Gasteiger partial charge in [-0.1, -0.05) is 12.1 Å². The van der Waals surface area contributed by atoms with Gasteiger partial charge in [0.25, 0.3) is 0 Å². The van der Waals surface area contributed by atoms with E-state index in [4.69, 9.17) is 5.11 Å². The number of carbonyl (C=O) groups excluding carboxylic acids is 1. The molecule has 1 amide bonds. The quantitative estimate of drug-likeness (QED) is 0.626. The molecule has 1 saturated heterocycles. The molecule has 0 aliphatic carbocycles. The number of likely N-dealkylation sites (tertiary alicyclic amines) is 1. The van der Waals surface area contributed by atoms with Gasteiger partial charge < -0.3 is 15.0 Å². The Morgan fingerprint density at radius 2 is 2.10 bits per heavy atom. The fraction of sp³-hybridized carbons (Fsp3) is 0.391. The van der Waals surface area contributed by atoms with Gasteiger partial charge in [-0.2, -0.15) is 0 Å². The molecule has 1 atom stereocenters. The molecule has 0 bridgehead atoms. The minimum Gasteiger partial charge on any atom is -0.478 e. The number of amides is 1. The lowest BCUT2D eigenvalue weighted by Gasteiger charge is -2.32. The molecule has 1 aromatic carbocycles. The molecule has 7 nitrogen and oxygen atoms in total. The van der Waals surface area contributed by atoms with Gasteiger partial charge in [0.05, 0.1) is 16.6 Å². The van der Waals surface area contributed by atoms with Crippen LogP contribution in [0.25, 0.3) is 11.0 Å². The molecular weight excluding hydrogens is 380 g/mol. The third kappa shape index (κ3) is 4.84. The Morgan fingerprint density at radius 3 is 2.93 bits per heavy atom. The normalized spacial score (nSPS) is 16.7. The van der Waals surface area contributed by atoms with E-state index in [0.29, 0.717) is 30.9 Å². The van der Waals surface area contributed by atoms with E-state index in [0.717, 1.165) is 49.2 Å². The molecule has 0 saturated carbocycles. The van der Waals surface area contributed by atoms with Crippen molar-refractivity contribution < 1.29 is 14.7 Å². The highest BCUT2D eigenvalue weighted by molar-refractivity contribution is 5.87. The number of carbonyl (C=O) groups is 2. The van der Waals surface area contributed by atoms with Crippen molar-refractivity contribution in [1.82, 2.24) is 19.9 Å². The highest BCUT2D eigenvalue weighted by Gasteiger charge is 2.24. The number of rotatable bonds is 7. The summed E-state index contributed by atoms with van der Waals surface area (Å²) in [6.07, 6.45) is 6.20. The predicted octanol–water partition coefficient (Wildman–Crippen LogP) is 3.46. The highest BCUT2D eigenvalue weighted by Crippen LogP contribution is 2.22. The van der Waals surface area contributed by atoms with E-state index >= 15 is 0 Å². The number of fused-ring (bicyclic) bond motifs is 1. The Bertz CT molecular complexity index is 1010. The van der Waals surface area contributed by atoms with Crippen molar-refractivity contribution in [3.05, 3.63) is 59.7 Å². The Balaban J connectivity index is 1.28. The Labute approximate surface area is 175 Å². The summed E-state index contributed by atoms with van der Waals surface area (Å²) in [5.41, 5.74) is 2.98. The molecule has 30 heavy (non-hydrogen) atoms. The number of carboxylic acids is 1. The van der Waals surface area contributed by atoms with Gasteiger partial charge >= 0.3 is 5.97 Å². The molecule has 1 aliphatic rings. The number of aromatic carboxylic acids is 1. The number of nitrogens with zero attached hydrogens (tertiary/aromatic N) is 3. The summed E-state index contributed by atoms with van der Waals surface area (Å²) >= 11 is 0. The maximum atomic E-state index is 12.7. The monoisotopic (exact) mass is 406 g/mol. The van der Waals surface area contributed by atoms with Crippen molar-refractivity contribution in [2.24, 2.45) is 5.92 Å². The average molecular weight is 406 g/mol. The van der Waals surface area contributed by atoms with E-state index in [1.807, 2.05) is 29.2 Å². The number of aromatic amines is 1. The van der Waals surface area contributed by atoms with Crippen LogP contribution >= 0.6 is 0 Å². The van der Waals surface area contributed by atoms with E-state index in [9.17, 15) is 9.59 Å². The van der Waals surface area contributed by atoms with Crippen molar-refractivity contribution in [2.75, 3.05) is 13.1 Å². The summed E-state index contributed by atoms with van der Waals surface area (Å²) in [4.78, 5) is 38.0. The molecular formula is C23H26N4O3. The second kappa shape index (κ2) is 9.07. The topological polar surface area (TPSA) is 99.2 Å². The number of nitrogens with one attached hydrogen (secondary N) is 1. The highest BCUT2D eigenvalue weighted by atomic mass is 16.4. The van der Waals surface area contributed by atoms with Crippen molar-refractivity contribution in [1.29, 1.82) is 0 Å². The lowest BCUT2D eigenvalue weighted by Crippen LogP contribution is -2.40. The number of hydrogen-bond acceptors (Lipinski definition) is 4. The summed E-state index contributed by atoms with van der Waals surface area (Å²) in [7, 11) is 0. The van der Waals surface area contributed by atoms with Crippen LogP contribution in [0.15, 0.2) is 42.6 Å². The van der Waals surface area contributed by atoms with Gasteiger partial charge in [0.2, 0.25) is 5.91 Å². The summed E-state index contributed by atoms with van der Waals surface area (Å²) in [6, 6.07) is 11.1. The van der Waals surface area contributed by atoms with Gasteiger partial charge in [0, 0.05) is 37.8 Å². The minimum absolute atomic E-state index is 0.165. The van der Waals surface area contributed by atoms with E-state index < -0.39 is 5.97 Å². The van der Waals surface area contributed by atoms with Crippen LogP contribution in [0.3, 0.4) is 0 Å². The second-order valence-corrected chi connectivity index (χ2v) is 7.95. The largest absolute Gasteiger partial charge is 0.478 e. The molecule has 3 heterocycles. The van der Waals surface area contributed by atoms with E-state index in [1.165, 1.54) is 12.3 Å². The van der Waals surface area contributed by atoms with E-state index in [2.05, 4.69) is 15.0 Å². The number of aryl methyl sites for hydroxylation is 1. The van der Waals surface area contributed by atoms with Gasteiger partial charge in [0.15, 0.2) is 0 Å². The third-order valence-corrected chi connectivity index (χ3v) is 5.68. The number of benzene rings is 1. The van der Waals surface area contributed by atoms with Crippen LogP contribution in [-0.2, 0) is 17.6 Å². The number of para-hydroxylation sites is 2. The molecule has 7 heteroatoms. The number of piperidine rings is 1. The number of H-pyrrole nitrogens is 1. The first-order valence-corrected chi connectivity index (χ1v) is 10.5. The lowest BCUT2D eigenvalue weighted by molar-refractivity contribution is -0.133. The van der Waals surface area contributed by atoms with Gasteiger partial charge in [-0.05, 0) is 55.9 Å². The zero-order valence-corrected chi connectivity index (χ0v) is 16.9. The van der Waals surface area contributed by atoms with Crippen molar-refractivity contribution >= 4 is 22.9 Å². The molecule has 4 rings (SSSR count). The fourth-order valence-corrected chi connectivity index (χ4v) is 4.16. The first-order chi connectivity index (χ1) is 14.6. The summed E-state index contributed by atoms with van der Waals surface area (Å²) in [5, 5.41) is 9.07. The number of carboxylic acid groups (broad SMARTS) is 1. The minimum atomic E-state index is -0.960. The zero-order valence-electron chi connectivity index (χ0n) is 16.9. The molecule has 156 valence electrons. The summed E-state index contributed by atoms with van der Waals surface area (Å²) in [5.74, 6) is 0.606. The van der Waals surface area contributed by atoms with Crippen LogP contribution in [0, 0.1) is 5.92 Å². The summed E-state index contributed by atoms with van der Waals surface area (Å²) < 4.78 is 0. The number of aromatic nitrogens is 3. The molecule has 0 spiro atoms. The van der Waals surface area contributed by atoms with Crippen molar-refractivity contribution in [2.45, 2.75) is 38.5 Å². The maximum absolute atomic E-state index is 12.7. The number of hydrogen-bond donors (Lipinski definition) is 2. The molecule has 3 aromatic rings. The molecule has 2 N–H and O–H groups in total. The molecule has 2 aromatic heterocycles. The second-order valence-electron chi connectivity index (χ2n) is 7.95. The smallest absolute Gasteiger partial charge is 0.335 e. The first-order valence-electron chi connectivity index (χ1n) is 10.5. The van der Waals surface area contributed by atoms with Gasteiger partial charge in [-0.3, -0.25) is 9.78 Å². The third-order valence-electron chi connectivity index (χ3n) is 5.68. The van der Waals surface area contributed by atoms with Crippen LogP contribution in [0.4, 0.5) is 0 Å². The summed E-state index contributed by atoms with van der Waals surface area (Å²) in [6.45, 7) is 1.57. The SMILES string of the molecule is O=C(O)c1ccnc(CCCC(=O)N2CCCC(Cc3nc4ccccc4[nH]3)C2)c1. The Hall–Kier alpha value is -3.22. The number of pyridine rings is 1.